The van der Waals surface area contributed by atoms with Crippen LogP contribution < -0.4 is 5.32 Å². The Morgan fingerprint density at radius 1 is 0.514 bits per heavy atom. The van der Waals surface area contributed by atoms with Gasteiger partial charge in [0.25, 0.3) is 0 Å². The van der Waals surface area contributed by atoms with Gasteiger partial charge in [0.15, 0.2) is 18.9 Å². The number of hydrogen-bond donors (Lipinski definition) is 12. The van der Waals surface area contributed by atoms with Crippen LogP contribution in [0.4, 0.5) is 0 Å². The zero-order valence-electron chi connectivity index (χ0n) is 42.6. The first-order chi connectivity index (χ1) is 34.8. The van der Waals surface area contributed by atoms with Crippen molar-refractivity contribution < 1.29 is 89.4 Å². The molecule has 0 spiro atoms. The maximum atomic E-state index is 13.2. The van der Waals surface area contributed by atoms with Crippen LogP contribution in [0.15, 0.2) is 60.8 Å². The molecule has 3 saturated heterocycles. The second-order valence-electron chi connectivity index (χ2n) is 19.0. The molecule has 0 aromatic rings. The lowest BCUT2D eigenvalue weighted by molar-refractivity contribution is -0.379. The van der Waals surface area contributed by atoms with Gasteiger partial charge in [-0.25, -0.2) is 0 Å². The van der Waals surface area contributed by atoms with Crippen LogP contribution in [0.5, 0.6) is 0 Å². The summed E-state index contributed by atoms with van der Waals surface area (Å²) in [7, 11) is 0. The summed E-state index contributed by atoms with van der Waals surface area (Å²) in [6, 6.07) is -0.980. The van der Waals surface area contributed by atoms with Crippen LogP contribution in [-0.4, -0.2) is 193 Å². The van der Waals surface area contributed by atoms with Crippen molar-refractivity contribution in [3.63, 3.8) is 0 Å². The van der Waals surface area contributed by atoms with Crippen molar-refractivity contribution in [3.05, 3.63) is 60.8 Å². The molecule has 19 heteroatoms. The summed E-state index contributed by atoms with van der Waals surface area (Å²) >= 11 is 0. The SMILES string of the molecule is CC/C=C\C/C=C\C/C=C\C/C=C\CCCCCCCCC(=O)NC(COC1OC(CO)C(OC2OC(CO)C(OC3OC(CO)C(O)C(O)C3O)C(O)C2O)C(O)C1O)C(O)/C=C/CCCCCCCC. The van der Waals surface area contributed by atoms with E-state index in [2.05, 4.69) is 67.8 Å². The van der Waals surface area contributed by atoms with Crippen LogP contribution in [0.2, 0.25) is 0 Å². The molecule has 3 aliphatic heterocycles. The highest BCUT2D eigenvalue weighted by atomic mass is 16.8. The Kier molecular flexibility index (Phi) is 33.0. The minimum Gasteiger partial charge on any atom is -0.394 e. The van der Waals surface area contributed by atoms with Crippen LogP contribution in [0.3, 0.4) is 0 Å². The Morgan fingerprint density at radius 2 is 0.958 bits per heavy atom. The van der Waals surface area contributed by atoms with Gasteiger partial charge in [-0.2, -0.15) is 0 Å². The van der Waals surface area contributed by atoms with Crippen molar-refractivity contribution in [2.24, 2.45) is 0 Å². The second kappa shape index (κ2) is 37.3. The fourth-order valence-electron chi connectivity index (χ4n) is 8.65. The molecular formula is C53H91NO18. The van der Waals surface area contributed by atoms with Crippen molar-refractivity contribution >= 4 is 5.91 Å². The Hall–Kier alpha value is -2.51. The van der Waals surface area contributed by atoms with Crippen LogP contribution in [0, 0.1) is 0 Å². The molecule has 3 fully saturated rings. The molecule has 17 unspecified atom stereocenters. The molecule has 0 aliphatic carbocycles. The molecule has 3 aliphatic rings. The van der Waals surface area contributed by atoms with Crippen LogP contribution in [-0.2, 0) is 33.2 Å². The molecule has 1 amide bonds. The number of unbranched alkanes of at least 4 members (excludes halogenated alkanes) is 12. The lowest BCUT2D eigenvalue weighted by Crippen LogP contribution is -2.66. The highest BCUT2D eigenvalue weighted by Gasteiger charge is 2.53. The fraction of sp³-hybridized carbons (Fsp3) is 0.792. The van der Waals surface area contributed by atoms with E-state index in [4.69, 9.17) is 28.4 Å². The van der Waals surface area contributed by atoms with E-state index in [1.165, 1.54) is 12.8 Å². The van der Waals surface area contributed by atoms with Crippen LogP contribution >= 0.6 is 0 Å². The molecule has 0 bridgehead atoms. The second-order valence-corrected chi connectivity index (χ2v) is 19.0. The summed E-state index contributed by atoms with van der Waals surface area (Å²) in [6.45, 7) is 1.50. The lowest BCUT2D eigenvalue weighted by Gasteiger charge is -2.48. The van der Waals surface area contributed by atoms with E-state index in [0.717, 1.165) is 96.3 Å². The number of hydrogen-bond acceptors (Lipinski definition) is 18. The van der Waals surface area contributed by atoms with E-state index in [9.17, 15) is 61.0 Å². The van der Waals surface area contributed by atoms with Crippen LogP contribution in [0.25, 0.3) is 0 Å². The van der Waals surface area contributed by atoms with E-state index >= 15 is 0 Å². The zero-order valence-corrected chi connectivity index (χ0v) is 42.6. The van der Waals surface area contributed by atoms with Gasteiger partial charge < -0.3 is 89.9 Å². The predicted octanol–water partition coefficient (Wildman–Crippen LogP) is 2.53. The molecule has 19 nitrogen and oxygen atoms in total. The number of allylic oxidation sites excluding steroid dienone is 9. The third-order valence-corrected chi connectivity index (χ3v) is 13.1. The van der Waals surface area contributed by atoms with Gasteiger partial charge >= 0.3 is 0 Å². The average molecular weight is 1030 g/mol. The largest absolute Gasteiger partial charge is 0.394 e. The van der Waals surface area contributed by atoms with E-state index < -0.39 is 124 Å². The maximum Gasteiger partial charge on any atom is 0.220 e. The monoisotopic (exact) mass is 1030 g/mol. The Morgan fingerprint density at radius 3 is 1.50 bits per heavy atom. The third kappa shape index (κ3) is 22.4. The number of rotatable bonds is 36. The Balaban J connectivity index is 1.51. The first-order valence-corrected chi connectivity index (χ1v) is 26.5. The molecule has 3 heterocycles. The molecule has 0 aromatic carbocycles. The Bertz CT molecular complexity index is 1560. The molecule has 17 atom stereocenters. The van der Waals surface area contributed by atoms with Gasteiger partial charge in [0.05, 0.1) is 38.6 Å². The first-order valence-electron chi connectivity index (χ1n) is 26.5. The predicted molar refractivity (Wildman–Crippen MR) is 268 cm³/mol. The van der Waals surface area contributed by atoms with Gasteiger partial charge in [0.1, 0.15) is 73.2 Å². The highest BCUT2D eigenvalue weighted by molar-refractivity contribution is 5.76. The minimum atomic E-state index is -1.98. The van der Waals surface area contributed by atoms with E-state index in [-0.39, 0.29) is 18.9 Å². The normalized spacial score (nSPS) is 32.5. The number of ether oxygens (including phenoxy) is 6. The Labute approximate surface area is 426 Å². The van der Waals surface area contributed by atoms with Crippen molar-refractivity contribution in [2.75, 3.05) is 26.4 Å². The molecule has 12 N–H and O–H groups in total. The number of aliphatic hydroxyl groups excluding tert-OH is 11. The summed E-state index contributed by atoms with van der Waals surface area (Å²) in [5.74, 6) is -0.298. The van der Waals surface area contributed by atoms with Gasteiger partial charge in [-0.1, -0.05) is 132 Å². The maximum absolute atomic E-state index is 13.2. The average Bonchev–Trinajstić information content (AvgIpc) is 3.37. The molecule has 3 rings (SSSR count). The number of nitrogens with one attached hydrogen (secondary N) is 1. The van der Waals surface area contributed by atoms with Crippen LogP contribution in [0.1, 0.15) is 136 Å². The summed E-state index contributed by atoms with van der Waals surface area (Å²) in [5, 5.41) is 119. The van der Waals surface area contributed by atoms with Crippen molar-refractivity contribution in [1.82, 2.24) is 5.32 Å². The first kappa shape index (κ1) is 63.8. The molecule has 72 heavy (non-hydrogen) atoms. The molecule has 0 saturated carbocycles. The molecule has 0 radical (unpaired) electrons. The number of aliphatic hydroxyl groups is 11. The van der Waals surface area contributed by atoms with Gasteiger partial charge in [-0.05, 0) is 57.8 Å². The zero-order chi connectivity index (χ0) is 52.7. The molecular weight excluding hydrogens is 939 g/mol. The molecule has 0 aromatic heterocycles. The highest BCUT2D eigenvalue weighted by Crippen LogP contribution is 2.33. The van der Waals surface area contributed by atoms with Gasteiger partial charge in [-0.3, -0.25) is 4.79 Å². The number of carbonyl (C=O) groups is 1. The third-order valence-electron chi connectivity index (χ3n) is 13.1. The van der Waals surface area contributed by atoms with Crippen molar-refractivity contribution in [2.45, 2.75) is 240 Å². The minimum absolute atomic E-state index is 0.223. The van der Waals surface area contributed by atoms with E-state index in [0.29, 0.717) is 6.42 Å². The standard InChI is InChI=1S/C53H91NO18/c1-3-5-7-9-11-13-14-15-16-17-18-19-20-21-22-23-25-27-29-31-41(59)54-36(37(58)30-28-26-24-12-10-8-6-4-2)35-67-51-47(65)44(62)49(39(33-56)69-51)72-53-48(66)45(63)50(40(34-57)70-53)71-52-46(64)43(61)42(60)38(32-55)68-52/h5,7,11,13,15-16,18-19,28,30,36-40,42-53,55-58,60-66H,3-4,6,8-10,12,14,17,20-27,29,31-35H2,1-2H3,(H,54,59)/b7-5-,13-11-,16-15-,19-18-,30-28+. The smallest absolute Gasteiger partial charge is 0.220 e. The van der Waals surface area contributed by atoms with Crippen molar-refractivity contribution in [3.8, 4) is 0 Å². The number of amides is 1. The van der Waals surface area contributed by atoms with E-state index in [1.807, 2.05) is 6.08 Å². The quantitative estimate of drug-likeness (QED) is 0.0317. The van der Waals surface area contributed by atoms with Gasteiger partial charge in [0, 0.05) is 6.42 Å². The molecule has 416 valence electrons. The van der Waals surface area contributed by atoms with Gasteiger partial charge in [0.2, 0.25) is 5.91 Å². The summed E-state index contributed by atoms with van der Waals surface area (Å²) in [5.41, 5.74) is 0. The number of carbonyl (C=O) groups excluding carboxylic acids is 1. The lowest BCUT2D eigenvalue weighted by atomic mass is 9.96. The topological polar surface area (TPSA) is 307 Å². The van der Waals surface area contributed by atoms with Gasteiger partial charge in [-0.15, -0.1) is 0 Å². The van der Waals surface area contributed by atoms with Crippen molar-refractivity contribution in [1.29, 1.82) is 0 Å². The fourth-order valence-corrected chi connectivity index (χ4v) is 8.65. The van der Waals surface area contributed by atoms with E-state index in [1.54, 1.807) is 6.08 Å². The summed E-state index contributed by atoms with van der Waals surface area (Å²) in [4.78, 5) is 13.2. The summed E-state index contributed by atoms with van der Waals surface area (Å²) in [6.07, 6.45) is 12.4. The summed E-state index contributed by atoms with van der Waals surface area (Å²) < 4.78 is 34.1.